The Morgan fingerprint density at radius 1 is 1.04 bits per heavy atom. The largest absolute Gasteiger partial charge is 0.508 e. The summed E-state index contributed by atoms with van der Waals surface area (Å²) in [5, 5.41) is 20.0. The minimum atomic E-state index is -0.286. The maximum Gasteiger partial charge on any atom is 0.276 e. The SMILES string of the molecule is O=C(Nc1ccccc1)c1cnc2ccc(NCc3cccc(O)c3)nn12. The van der Waals surface area contributed by atoms with Crippen LogP contribution in [0.4, 0.5) is 11.5 Å². The molecule has 2 heterocycles. The first kappa shape index (κ1) is 16.6. The maximum atomic E-state index is 12.6. The van der Waals surface area contributed by atoms with Gasteiger partial charge in [-0.2, -0.15) is 0 Å². The number of aromatic nitrogens is 3. The van der Waals surface area contributed by atoms with Crippen molar-refractivity contribution in [3.8, 4) is 5.75 Å². The van der Waals surface area contributed by atoms with Crippen LogP contribution in [0.15, 0.2) is 72.9 Å². The topological polar surface area (TPSA) is 91.5 Å². The number of hydrogen-bond acceptors (Lipinski definition) is 5. The lowest BCUT2D eigenvalue weighted by Crippen LogP contribution is -2.15. The standard InChI is InChI=1S/C20H17N5O2/c26-16-8-4-5-14(11-16)12-21-18-9-10-19-22-13-17(25(19)24-18)20(27)23-15-6-2-1-3-7-15/h1-11,13,26H,12H2,(H,21,24)(H,23,27). The summed E-state index contributed by atoms with van der Waals surface area (Å²) in [4.78, 5) is 16.8. The van der Waals surface area contributed by atoms with Gasteiger partial charge in [0, 0.05) is 12.2 Å². The van der Waals surface area contributed by atoms with Crippen LogP contribution in [0.3, 0.4) is 0 Å². The van der Waals surface area contributed by atoms with Crippen molar-refractivity contribution >= 4 is 23.1 Å². The second-order valence-electron chi connectivity index (χ2n) is 5.98. The average Bonchev–Trinajstić information content (AvgIpc) is 3.10. The summed E-state index contributed by atoms with van der Waals surface area (Å²) >= 11 is 0. The molecule has 0 aliphatic heterocycles. The van der Waals surface area contributed by atoms with Crippen molar-refractivity contribution in [1.29, 1.82) is 0 Å². The van der Waals surface area contributed by atoms with E-state index in [-0.39, 0.29) is 11.7 Å². The normalized spacial score (nSPS) is 10.7. The highest BCUT2D eigenvalue weighted by atomic mass is 16.3. The van der Waals surface area contributed by atoms with Crippen molar-refractivity contribution in [3.05, 3.63) is 84.2 Å². The molecule has 3 N–H and O–H groups in total. The van der Waals surface area contributed by atoms with E-state index in [9.17, 15) is 9.90 Å². The third kappa shape index (κ3) is 3.72. The Balaban J connectivity index is 1.54. The molecule has 27 heavy (non-hydrogen) atoms. The second-order valence-corrected chi connectivity index (χ2v) is 5.98. The molecular formula is C20H17N5O2. The first-order chi connectivity index (χ1) is 13.2. The molecule has 0 saturated carbocycles. The van der Waals surface area contributed by atoms with Crippen LogP contribution in [-0.4, -0.2) is 25.6 Å². The molecule has 0 bridgehead atoms. The monoisotopic (exact) mass is 359 g/mol. The summed E-state index contributed by atoms with van der Waals surface area (Å²) in [5.41, 5.74) is 2.55. The number of anilines is 2. The minimum Gasteiger partial charge on any atom is -0.508 e. The van der Waals surface area contributed by atoms with Crippen molar-refractivity contribution in [2.45, 2.75) is 6.54 Å². The lowest BCUT2D eigenvalue weighted by molar-refractivity contribution is 0.102. The average molecular weight is 359 g/mol. The van der Waals surface area contributed by atoms with Gasteiger partial charge in [0.2, 0.25) is 0 Å². The number of para-hydroxylation sites is 1. The zero-order valence-electron chi connectivity index (χ0n) is 14.3. The molecular weight excluding hydrogens is 342 g/mol. The van der Waals surface area contributed by atoms with E-state index in [2.05, 4.69) is 20.7 Å². The molecule has 4 aromatic rings. The molecule has 4 rings (SSSR count). The maximum absolute atomic E-state index is 12.6. The summed E-state index contributed by atoms with van der Waals surface area (Å²) in [6, 6.07) is 19.8. The predicted molar refractivity (Wildman–Crippen MR) is 103 cm³/mol. The van der Waals surface area contributed by atoms with Gasteiger partial charge in [-0.25, -0.2) is 9.50 Å². The van der Waals surface area contributed by atoms with Crippen LogP contribution in [0.2, 0.25) is 0 Å². The van der Waals surface area contributed by atoms with Gasteiger partial charge in [0.15, 0.2) is 11.3 Å². The number of rotatable bonds is 5. The number of phenols is 1. The van der Waals surface area contributed by atoms with Crippen molar-refractivity contribution in [3.63, 3.8) is 0 Å². The highest BCUT2D eigenvalue weighted by molar-refractivity contribution is 6.03. The zero-order valence-corrected chi connectivity index (χ0v) is 14.3. The van der Waals surface area contributed by atoms with Crippen LogP contribution in [0.25, 0.3) is 5.65 Å². The lowest BCUT2D eigenvalue weighted by atomic mass is 10.2. The minimum absolute atomic E-state index is 0.215. The molecule has 0 radical (unpaired) electrons. The lowest BCUT2D eigenvalue weighted by Gasteiger charge is -2.08. The number of carbonyl (C=O) groups excluding carboxylic acids is 1. The van der Waals surface area contributed by atoms with Crippen LogP contribution in [-0.2, 0) is 6.54 Å². The van der Waals surface area contributed by atoms with Crippen LogP contribution < -0.4 is 10.6 Å². The molecule has 2 aromatic heterocycles. The molecule has 0 atom stereocenters. The summed E-state index contributed by atoms with van der Waals surface area (Å²) in [6.07, 6.45) is 1.50. The number of phenolic OH excluding ortho intramolecular Hbond substituents is 1. The summed E-state index contributed by atoms with van der Waals surface area (Å²) in [6.45, 7) is 0.493. The molecule has 0 spiro atoms. The molecule has 0 aliphatic carbocycles. The molecule has 1 amide bonds. The van der Waals surface area contributed by atoms with Gasteiger partial charge in [0.05, 0.1) is 6.20 Å². The van der Waals surface area contributed by atoms with Crippen molar-refractivity contribution in [2.75, 3.05) is 10.6 Å². The van der Waals surface area contributed by atoms with Crippen molar-refractivity contribution < 1.29 is 9.90 Å². The number of hydrogen-bond donors (Lipinski definition) is 3. The molecule has 7 heteroatoms. The number of fused-ring (bicyclic) bond motifs is 1. The third-order valence-corrected chi connectivity index (χ3v) is 4.01. The fourth-order valence-corrected chi connectivity index (χ4v) is 2.70. The van der Waals surface area contributed by atoms with Gasteiger partial charge in [-0.3, -0.25) is 4.79 Å². The Hall–Kier alpha value is -3.87. The number of nitrogens with one attached hydrogen (secondary N) is 2. The number of nitrogens with zero attached hydrogens (tertiary/aromatic N) is 3. The molecule has 7 nitrogen and oxygen atoms in total. The van der Waals surface area contributed by atoms with Crippen molar-refractivity contribution in [1.82, 2.24) is 14.6 Å². The number of imidazole rings is 1. The molecule has 134 valence electrons. The first-order valence-electron chi connectivity index (χ1n) is 8.42. The Labute approximate surface area is 155 Å². The van der Waals surface area contributed by atoms with Crippen LogP contribution >= 0.6 is 0 Å². The van der Waals surface area contributed by atoms with Gasteiger partial charge >= 0.3 is 0 Å². The van der Waals surface area contributed by atoms with Gasteiger partial charge < -0.3 is 15.7 Å². The van der Waals surface area contributed by atoms with Crippen LogP contribution in [0.5, 0.6) is 5.75 Å². The first-order valence-corrected chi connectivity index (χ1v) is 8.42. The highest BCUT2D eigenvalue weighted by Gasteiger charge is 2.14. The Bertz CT molecular complexity index is 1090. The van der Waals surface area contributed by atoms with E-state index in [0.717, 1.165) is 5.56 Å². The molecule has 0 unspecified atom stereocenters. The van der Waals surface area contributed by atoms with Gasteiger partial charge in [0.25, 0.3) is 5.91 Å². The molecule has 0 aliphatic rings. The Morgan fingerprint density at radius 2 is 1.89 bits per heavy atom. The summed E-state index contributed by atoms with van der Waals surface area (Å²) in [5.74, 6) is 0.524. The van der Waals surface area contributed by atoms with Gasteiger partial charge in [-0.15, -0.1) is 5.10 Å². The summed E-state index contributed by atoms with van der Waals surface area (Å²) in [7, 11) is 0. The van der Waals surface area contributed by atoms with E-state index >= 15 is 0 Å². The number of benzene rings is 2. The number of carbonyl (C=O) groups is 1. The highest BCUT2D eigenvalue weighted by Crippen LogP contribution is 2.15. The third-order valence-electron chi connectivity index (χ3n) is 4.01. The fourth-order valence-electron chi connectivity index (χ4n) is 2.70. The van der Waals surface area contributed by atoms with E-state index in [0.29, 0.717) is 29.4 Å². The van der Waals surface area contributed by atoms with Crippen LogP contribution in [0, 0.1) is 0 Å². The van der Waals surface area contributed by atoms with E-state index < -0.39 is 0 Å². The predicted octanol–water partition coefficient (Wildman–Crippen LogP) is 3.30. The molecule has 0 saturated heterocycles. The Morgan fingerprint density at radius 3 is 2.70 bits per heavy atom. The van der Waals surface area contributed by atoms with E-state index in [1.54, 1.807) is 30.3 Å². The fraction of sp³-hybridized carbons (Fsp3) is 0.0500. The van der Waals surface area contributed by atoms with Gasteiger partial charge in [-0.1, -0.05) is 30.3 Å². The van der Waals surface area contributed by atoms with Crippen molar-refractivity contribution in [2.24, 2.45) is 0 Å². The van der Waals surface area contributed by atoms with E-state index in [1.807, 2.05) is 36.4 Å². The van der Waals surface area contributed by atoms with Gasteiger partial charge in [0.1, 0.15) is 11.6 Å². The van der Waals surface area contributed by atoms with Gasteiger partial charge in [-0.05, 0) is 42.0 Å². The molecule has 2 aromatic carbocycles. The summed E-state index contributed by atoms with van der Waals surface area (Å²) < 4.78 is 1.50. The zero-order chi connectivity index (χ0) is 18.6. The second kappa shape index (κ2) is 7.17. The molecule has 0 fully saturated rings. The van der Waals surface area contributed by atoms with E-state index in [4.69, 9.17) is 0 Å². The van der Waals surface area contributed by atoms with E-state index in [1.165, 1.54) is 10.7 Å². The van der Waals surface area contributed by atoms with Crippen LogP contribution in [0.1, 0.15) is 16.1 Å². The smallest absolute Gasteiger partial charge is 0.276 e. The quantitative estimate of drug-likeness (QED) is 0.508. The Kier molecular flexibility index (Phi) is 4.40. The number of amides is 1. The number of aromatic hydroxyl groups is 1.